The fraction of sp³-hybridized carbons (Fsp3) is 0.280. The molecule has 2 aromatic carbocycles. The standard InChI is InChI=1S/C25H26N6O4/c1-34-11-10-31-22-14-18(2-3-19(22)16-26-31)21-15-23(27-20-6-4-17(5-7-20)24(32)33)29-25(28-21)30-8-12-35-13-9-30/h2-7,14-16H,8-13H2,1H3,(H,32,33)(H,27,28,29). The minimum absolute atomic E-state index is 0.228. The van der Waals surface area contributed by atoms with Gasteiger partial charge in [-0.1, -0.05) is 12.1 Å². The van der Waals surface area contributed by atoms with Crippen LogP contribution < -0.4 is 10.2 Å². The quantitative estimate of drug-likeness (QED) is 0.396. The summed E-state index contributed by atoms with van der Waals surface area (Å²) in [5, 5.41) is 18.0. The summed E-state index contributed by atoms with van der Waals surface area (Å²) in [5.41, 5.74) is 3.68. The van der Waals surface area contributed by atoms with Crippen LogP contribution in [0.1, 0.15) is 10.4 Å². The molecule has 2 N–H and O–H groups in total. The first-order valence-corrected chi connectivity index (χ1v) is 11.4. The Hall–Kier alpha value is -4.02. The Morgan fingerprint density at radius 1 is 1.11 bits per heavy atom. The second-order valence-electron chi connectivity index (χ2n) is 8.18. The van der Waals surface area contributed by atoms with Crippen LogP contribution in [0.4, 0.5) is 17.5 Å². The van der Waals surface area contributed by atoms with Gasteiger partial charge in [-0.25, -0.2) is 9.78 Å². The molecular formula is C25H26N6O4. The molecule has 0 bridgehead atoms. The molecule has 4 aromatic rings. The molecule has 0 spiro atoms. The van der Waals surface area contributed by atoms with Crippen molar-refractivity contribution < 1.29 is 19.4 Å². The Labute approximate surface area is 202 Å². The summed E-state index contributed by atoms with van der Waals surface area (Å²) in [6.45, 7) is 3.89. The molecular weight excluding hydrogens is 448 g/mol. The Morgan fingerprint density at radius 3 is 2.66 bits per heavy atom. The number of aromatic carboxylic acids is 1. The Bertz CT molecular complexity index is 1330. The van der Waals surface area contributed by atoms with Crippen LogP contribution in [0.2, 0.25) is 0 Å². The van der Waals surface area contributed by atoms with E-state index in [1.165, 1.54) is 0 Å². The highest BCUT2D eigenvalue weighted by Gasteiger charge is 2.17. The van der Waals surface area contributed by atoms with Crippen molar-refractivity contribution in [3.63, 3.8) is 0 Å². The first-order valence-electron chi connectivity index (χ1n) is 11.4. The smallest absolute Gasteiger partial charge is 0.335 e. The summed E-state index contributed by atoms with van der Waals surface area (Å²) in [7, 11) is 1.68. The molecule has 0 atom stereocenters. The zero-order valence-electron chi connectivity index (χ0n) is 19.3. The molecule has 180 valence electrons. The maximum atomic E-state index is 11.2. The van der Waals surface area contributed by atoms with E-state index in [-0.39, 0.29) is 5.56 Å². The minimum atomic E-state index is -0.962. The number of fused-ring (bicyclic) bond motifs is 1. The normalized spacial score (nSPS) is 13.8. The fourth-order valence-electron chi connectivity index (χ4n) is 3.98. The van der Waals surface area contributed by atoms with E-state index in [2.05, 4.69) is 21.4 Å². The van der Waals surface area contributed by atoms with E-state index < -0.39 is 5.97 Å². The second-order valence-corrected chi connectivity index (χ2v) is 8.18. The number of morpholine rings is 1. The number of benzene rings is 2. The summed E-state index contributed by atoms with van der Waals surface area (Å²) < 4.78 is 12.6. The predicted molar refractivity (Wildman–Crippen MR) is 132 cm³/mol. The lowest BCUT2D eigenvalue weighted by Gasteiger charge is -2.27. The van der Waals surface area contributed by atoms with Crippen molar-refractivity contribution >= 4 is 34.3 Å². The Kier molecular flexibility index (Phi) is 6.55. The van der Waals surface area contributed by atoms with E-state index in [1.807, 2.05) is 29.1 Å². The van der Waals surface area contributed by atoms with Crippen molar-refractivity contribution in [3.05, 3.63) is 60.3 Å². The van der Waals surface area contributed by atoms with Crippen LogP contribution in [0.3, 0.4) is 0 Å². The van der Waals surface area contributed by atoms with Crippen molar-refractivity contribution in [1.82, 2.24) is 19.7 Å². The molecule has 2 aromatic heterocycles. The van der Waals surface area contributed by atoms with Gasteiger partial charge in [0.1, 0.15) is 5.82 Å². The highest BCUT2D eigenvalue weighted by molar-refractivity contribution is 5.88. The molecule has 0 saturated carbocycles. The molecule has 0 radical (unpaired) electrons. The highest BCUT2D eigenvalue weighted by Crippen LogP contribution is 2.28. The summed E-state index contributed by atoms with van der Waals surface area (Å²) in [5.74, 6) is 0.270. The number of aromatic nitrogens is 4. The van der Waals surface area contributed by atoms with Crippen molar-refractivity contribution in [2.24, 2.45) is 0 Å². The summed E-state index contributed by atoms with van der Waals surface area (Å²) in [6, 6.07) is 14.6. The van der Waals surface area contributed by atoms with E-state index in [4.69, 9.17) is 24.5 Å². The van der Waals surface area contributed by atoms with Gasteiger partial charge in [0.05, 0.1) is 49.3 Å². The average molecular weight is 475 g/mol. The van der Waals surface area contributed by atoms with Crippen LogP contribution in [-0.2, 0) is 16.0 Å². The van der Waals surface area contributed by atoms with Crippen LogP contribution in [0.5, 0.6) is 0 Å². The molecule has 10 nitrogen and oxygen atoms in total. The second kappa shape index (κ2) is 10.1. The average Bonchev–Trinajstić information content (AvgIpc) is 3.30. The lowest BCUT2D eigenvalue weighted by atomic mass is 10.1. The van der Waals surface area contributed by atoms with Gasteiger partial charge in [-0.05, 0) is 30.3 Å². The number of nitrogens with one attached hydrogen (secondary N) is 1. The number of hydrogen-bond donors (Lipinski definition) is 2. The van der Waals surface area contributed by atoms with Crippen LogP contribution in [-0.4, -0.2) is 70.8 Å². The third-order valence-corrected chi connectivity index (χ3v) is 5.86. The van der Waals surface area contributed by atoms with Gasteiger partial charge in [-0.15, -0.1) is 0 Å². The molecule has 10 heteroatoms. The molecule has 35 heavy (non-hydrogen) atoms. The van der Waals surface area contributed by atoms with Crippen LogP contribution in [0.15, 0.2) is 54.7 Å². The van der Waals surface area contributed by atoms with E-state index in [9.17, 15) is 4.79 Å². The number of carboxylic acid groups (broad SMARTS) is 1. The highest BCUT2D eigenvalue weighted by atomic mass is 16.5. The van der Waals surface area contributed by atoms with E-state index in [0.29, 0.717) is 51.2 Å². The number of nitrogens with zero attached hydrogens (tertiary/aromatic N) is 5. The molecule has 5 rings (SSSR count). The first kappa shape index (κ1) is 22.8. The summed E-state index contributed by atoms with van der Waals surface area (Å²) in [4.78, 5) is 22.9. The SMILES string of the molecule is COCCn1ncc2ccc(-c3cc(Nc4ccc(C(=O)O)cc4)nc(N4CCOCC4)n3)cc21. The van der Waals surface area contributed by atoms with Crippen molar-refractivity contribution in [2.75, 3.05) is 50.2 Å². The lowest BCUT2D eigenvalue weighted by Crippen LogP contribution is -2.37. The molecule has 0 aliphatic carbocycles. The maximum Gasteiger partial charge on any atom is 0.335 e. The number of hydrogen-bond acceptors (Lipinski definition) is 8. The molecule has 1 saturated heterocycles. The first-order chi connectivity index (χ1) is 17.1. The third-order valence-electron chi connectivity index (χ3n) is 5.86. The summed E-state index contributed by atoms with van der Waals surface area (Å²) in [6.07, 6.45) is 1.85. The van der Waals surface area contributed by atoms with E-state index >= 15 is 0 Å². The van der Waals surface area contributed by atoms with Crippen LogP contribution in [0, 0.1) is 0 Å². The zero-order chi connectivity index (χ0) is 24.2. The molecule has 0 amide bonds. The van der Waals surface area contributed by atoms with E-state index in [0.717, 1.165) is 27.8 Å². The van der Waals surface area contributed by atoms with Gasteiger partial charge in [0, 0.05) is 42.9 Å². The number of carbonyl (C=O) groups is 1. The number of ether oxygens (including phenoxy) is 2. The van der Waals surface area contributed by atoms with Crippen LogP contribution in [0.25, 0.3) is 22.2 Å². The fourth-order valence-corrected chi connectivity index (χ4v) is 3.98. The monoisotopic (exact) mass is 474 g/mol. The van der Waals surface area contributed by atoms with Crippen LogP contribution >= 0.6 is 0 Å². The number of methoxy groups -OCH3 is 1. The van der Waals surface area contributed by atoms with E-state index in [1.54, 1.807) is 31.4 Å². The van der Waals surface area contributed by atoms with Gasteiger partial charge >= 0.3 is 5.97 Å². The maximum absolute atomic E-state index is 11.2. The van der Waals surface area contributed by atoms with Crippen molar-refractivity contribution in [1.29, 1.82) is 0 Å². The van der Waals surface area contributed by atoms with Gasteiger partial charge in [0.2, 0.25) is 5.95 Å². The topological polar surface area (TPSA) is 115 Å². The van der Waals surface area contributed by atoms with Gasteiger partial charge in [0.25, 0.3) is 0 Å². The molecule has 0 unspecified atom stereocenters. The number of rotatable bonds is 8. The Balaban J connectivity index is 1.52. The molecule has 3 heterocycles. The van der Waals surface area contributed by atoms with Gasteiger partial charge in [0.15, 0.2) is 0 Å². The van der Waals surface area contributed by atoms with Crippen molar-refractivity contribution in [3.8, 4) is 11.3 Å². The molecule has 1 aliphatic heterocycles. The Morgan fingerprint density at radius 2 is 1.91 bits per heavy atom. The predicted octanol–water partition coefficient (Wildman–Crippen LogP) is 3.42. The lowest BCUT2D eigenvalue weighted by molar-refractivity contribution is 0.0697. The third kappa shape index (κ3) is 5.08. The largest absolute Gasteiger partial charge is 0.478 e. The summed E-state index contributed by atoms with van der Waals surface area (Å²) >= 11 is 0. The van der Waals surface area contributed by atoms with Gasteiger partial charge in [-0.3, -0.25) is 4.68 Å². The van der Waals surface area contributed by atoms with Gasteiger partial charge < -0.3 is 24.8 Å². The zero-order valence-corrected chi connectivity index (χ0v) is 19.3. The number of anilines is 3. The van der Waals surface area contributed by atoms with Crippen molar-refractivity contribution in [2.45, 2.75) is 6.54 Å². The molecule has 1 aliphatic rings. The van der Waals surface area contributed by atoms with Gasteiger partial charge in [-0.2, -0.15) is 10.1 Å². The number of carboxylic acids is 1. The minimum Gasteiger partial charge on any atom is -0.478 e. The molecule has 1 fully saturated rings.